The molecule has 0 saturated heterocycles. The van der Waals surface area contributed by atoms with Crippen molar-refractivity contribution < 1.29 is 14.3 Å². The van der Waals surface area contributed by atoms with Crippen LogP contribution in [0.2, 0.25) is 0 Å². The van der Waals surface area contributed by atoms with Crippen molar-refractivity contribution in [3.05, 3.63) is 77.4 Å². The number of esters is 1. The molecule has 0 aliphatic heterocycles. The van der Waals surface area contributed by atoms with E-state index in [1.54, 1.807) is 19.2 Å². The number of hydrogen-bond donors (Lipinski definition) is 0. The first-order chi connectivity index (χ1) is 10.7. The molecule has 2 rings (SSSR count). The Bertz CT molecular complexity index is 665. The van der Waals surface area contributed by atoms with Crippen LogP contribution in [0.15, 0.2) is 60.7 Å². The number of carbonyl (C=O) groups is 1. The van der Waals surface area contributed by atoms with Gasteiger partial charge in [0.1, 0.15) is 5.75 Å². The van der Waals surface area contributed by atoms with Crippen molar-refractivity contribution in [1.82, 2.24) is 0 Å². The quantitative estimate of drug-likeness (QED) is 0.612. The summed E-state index contributed by atoms with van der Waals surface area (Å²) in [6.45, 7) is 0. The summed E-state index contributed by atoms with van der Waals surface area (Å²) in [4.78, 5) is 11.3. The lowest BCUT2D eigenvalue weighted by atomic mass is 10.1. The van der Waals surface area contributed by atoms with Gasteiger partial charge in [-0.2, -0.15) is 0 Å². The Balaban J connectivity index is 1.96. The molecular formula is C19H18O3. The van der Waals surface area contributed by atoms with Crippen molar-refractivity contribution in [2.45, 2.75) is 0 Å². The van der Waals surface area contributed by atoms with Gasteiger partial charge in [-0.3, -0.25) is 0 Å². The lowest BCUT2D eigenvalue weighted by Crippen LogP contribution is -2.00. The normalized spacial score (nSPS) is 11.0. The second kappa shape index (κ2) is 7.84. The van der Waals surface area contributed by atoms with Crippen molar-refractivity contribution in [3.8, 4) is 5.75 Å². The van der Waals surface area contributed by atoms with Gasteiger partial charge in [-0.05, 0) is 35.4 Å². The van der Waals surface area contributed by atoms with Crippen LogP contribution in [0.1, 0.15) is 21.5 Å². The zero-order valence-corrected chi connectivity index (χ0v) is 12.7. The summed E-state index contributed by atoms with van der Waals surface area (Å²) >= 11 is 0. The highest BCUT2D eigenvalue weighted by Gasteiger charge is 2.02. The Morgan fingerprint density at radius 2 is 1.32 bits per heavy atom. The molecule has 0 unspecified atom stereocenters. The van der Waals surface area contributed by atoms with E-state index in [-0.39, 0.29) is 5.97 Å². The SMILES string of the molecule is COC(=O)c1ccc(/C=C/C=C/c2ccc(OC)cc2)cc1. The molecule has 2 aromatic rings. The first kappa shape index (κ1) is 15.6. The smallest absolute Gasteiger partial charge is 0.337 e. The third kappa shape index (κ3) is 4.35. The molecule has 3 heteroatoms. The zero-order chi connectivity index (χ0) is 15.8. The fourth-order valence-electron chi connectivity index (χ4n) is 1.90. The van der Waals surface area contributed by atoms with Gasteiger partial charge >= 0.3 is 5.97 Å². The van der Waals surface area contributed by atoms with Crippen molar-refractivity contribution >= 4 is 18.1 Å². The van der Waals surface area contributed by atoms with E-state index < -0.39 is 0 Å². The molecule has 0 fully saturated rings. The molecule has 0 spiro atoms. The standard InChI is InChI=1S/C19H18O3/c1-21-18-13-9-16(10-14-18)6-4-3-5-15-7-11-17(12-8-15)19(20)22-2/h3-14H,1-2H3/b5-3+,6-4+. The maximum atomic E-state index is 11.3. The molecule has 0 bridgehead atoms. The number of methoxy groups -OCH3 is 2. The van der Waals surface area contributed by atoms with Gasteiger partial charge in [-0.1, -0.05) is 48.6 Å². The average Bonchev–Trinajstić information content (AvgIpc) is 2.59. The van der Waals surface area contributed by atoms with Crippen LogP contribution in [-0.2, 0) is 4.74 Å². The van der Waals surface area contributed by atoms with Crippen molar-refractivity contribution in [2.75, 3.05) is 14.2 Å². The van der Waals surface area contributed by atoms with Crippen LogP contribution in [0.4, 0.5) is 0 Å². The predicted octanol–water partition coefficient (Wildman–Crippen LogP) is 4.21. The fourth-order valence-corrected chi connectivity index (χ4v) is 1.90. The minimum atomic E-state index is -0.324. The molecule has 0 saturated carbocycles. The molecule has 0 atom stereocenters. The second-order valence-electron chi connectivity index (χ2n) is 4.60. The molecule has 22 heavy (non-hydrogen) atoms. The molecule has 2 aromatic carbocycles. The first-order valence-electron chi connectivity index (χ1n) is 6.90. The van der Waals surface area contributed by atoms with Gasteiger partial charge < -0.3 is 9.47 Å². The van der Waals surface area contributed by atoms with Crippen molar-refractivity contribution in [2.24, 2.45) is 0 Å². The van der Waals surface area contributed by atoms with E-state index in [2.05, 4.69) is 4.74 Å². The molecule has 0 aliphatic rings. The largest absolute Gasteiger partial charge is 0.497 e. The van der Waals surface area contributed by atoms with Crippen LogP contribution in [0, 0.1) is 0 Å². The fraction of sp³-hybridized carbons (Fsp3) is 0.105. The summed E-state index contributed by atoms with van der Waals surface area (Å²) in [5.74, 6) is 0.522. The third-order valence-corrected chi connectivity index (χ3v) is 3.14. The number of rotatable bonds is 5. The summed E-state index contributed by atoms with van der Waals surface area (Å²) in [6.07, 6.45) is 7.91. The molecule has 0 radical (unpaired) electrons. The van der Waals surface area contributed by atoms with Crippen LogP contribution in [0.5, 0.6) is 5.75 Å². The Labute approximate surface area is 130 Å². The number of ether oxygens (including phenoxy) is 2. The van der Waals surface area contributed by atoms with Crippen molar-refractivity contribution in [1.29, 1.82) is 0 Å². The van der Waals surface area contributed by atoms with Gasteiger partial charge in [0.2, 0.25) is 0 Å². The molecular weight excluding hydrogens is 276 g/mol. The molecule has 0 heterocycles. The van der Waals surface area contributed by atoms with Crippen LogP contribution < -0.4 is 4.74 Å². The summed E-state index contributed by atoms with van der Waals surface area (Å²) in [5, 5.41) is 0. The van der Waals surface area contributed by atoms with Gasteiger partial charge in [0.25, 0.3) is 0 Å². The minimum absolute atomic E-state index is 0.324. The van der Waals surface area contributed by atoms with E-state index in [4.69, 9.17) is 4.74 Å². The van der Waals surface area contributed by atoms with Crippen molar-refractivity contribution in [3.63, 3.8) is 0 Å². The second-order valence-corrected chi connectivity index (χ2v) is 4.60. The van der Waals surface area contributed by atoms with Gasteiger partial charge in [0, 0.05) is 0 Å². The highest BCUT2D eigenvalue weighted by atomic mass is 16.5. The summed E-state index contributed by atoms with van der Waals surface area (Å²) in [7, 11) is 3.03. The third-order valence-electron chi connectivity index (χ3n) is 3.14. The summed E-state index contributed by atoms with van der Waals surface area (Å²) in [6, 6.07) is 15.1. The van der Waals surface area contributed by atoms with Crippen LogP contribution in [-0.4, -0.2) is 20.2 Å². The van der Waals surface area contributed by atoms with Crippen LogP contribution >= 0.6 is 0 Å². The Hall–Kier alpha value is -2.81. The Kier molecular flexibility index (Phi) is 5.55. The van der Waals surface area contributed by atoms with E-state index >= 15 is 0 Å². The number of allylic oxidation sites excluding steroid dienone is 2. The topological polar surface area (TPSA) is 35.5 Å². The van der Waals surface area contributed by atoms with E-state index in [9.17, 15) is 4.79 Å². The van der Waals surface area contributed by atoms with Gasteiger partial charge in [-0.25, -0.2) is 4.79 Å². The molecule has 0 amide bonds. The van der Waals surface area contributed by atoms with E-state index in [0.717, 1.165) is 16.9 Å². The summed E-state index contributed by atoms with van der Waals surface area (Å²) in [5.41, 5.74) is 2.67. The summed E-state index contributed by atoms with van der Waals surface area (Å²) < 4.78 is 9.78. The number of benzene rings is 2. The van der Waals surface area contributed by atoms with E-state index in [0.29, 0.717) is 5.56 Å². The lowest BCUT2D eigenvalue weighted by Gasteiger charge is -1.99. The van der Waals surface area contributed by atoms with Gasteiger partial charge in [-0.15, -0.1) is 0 Å². The monoisotopic (exact) mass is 294 g/mol. The molecule has 0 aliphatic carbocycles. The van der Waals surface area contributed by atoms with Crippen LogP contribution in [0.25, 0.3) is 12.2 Å². The molecule has 3 nitrogen and oxygen atoms in total. The average molecular weight is 294 g/mol. The van der Waals surface area contributed by atoms with E-state index in [1.165, 1.54) is 7.11 Å². The number of hydrogen-bond acceptors (Lipinski definition) is 3. The Morgan fingerprint density at radius 1 is 0.818 bits per heavy atom. The van der Waals surface area contributed by atoms with Gasteiger partial charge in [0.15, 0.2) is 0 Å². The Morgan fingerprint density at radius 3 is 1.77 bits per heavy atom. The van der Waals surface area contributed by atoms with Gasteiger partial charge in [0.05, 0.1) is 19.8 Å². The number of carbonyl (C=O) groups excluding carboxylic acids is 1. The maximum absolute atomic E-state index is 11.3. The zero-order valence-electron chi connectivity index (χ0n) is 12.7. The molecule has 112 valence electrons. The predicted molar refractivity (Wildman–Crippen MR) is 88.8 cm³/mol. The van der Waals surface area contributed by atoms with Crippen LogP contribution in [0.3, 0.4) is 0 Å². The van der Waals surface area contributed by atoms with E-state index in [1.807, 2.05) is 60.7 Å². The molecule has 0 aromatic heterocycles. The lowest BCUT2D eigenvalue weighted by molar-refractivity contribution is 0.0600. The highest BCUT2D eigenvalue weighted by Crippen LogP contribution is 2.12. The first-order valence-corrected chi connectivity index (χ1v) is 6.90. The molecule has 0 N–H and O–H groups in total. The highest BCUT2D eigenvalue weighted by molar-refractivity contribution is 5.89. The minimum Gasteiger partial charge on any atom is -0.497 e. The maximum Gasteiger partial charge on any atom is 0.337 e.